The van der Waals surface area contributed by atoms with Gasteiger partial charge in [0.25, 0.3) is 0 Å². The third-order valence-corrected chi connectivity index (χ3v) is 2.85. The van der Waals surface area contributed by atoms with E-state index in [9.17, 15) is 0 Å². The maximum atomic E-state index is 5.86. The van der Waals surface area contributed by atoms with E-state index < -0.39 is 0 Å². The lowest BCUT2D eigenvalue weighted by molar-refractivity contribution is 0.730. The first-order valence-corrected chi connectivity index (χ1v) is 5.29. The van der Waals surface area contributed by atoms with Gasteiger partial charge in [-0.15, -0.1) is 0 Å². The molecule has 0 saturated carbocycles. The fourth-order valence-electron chi connectivity index (χ4n) is 1.58. The number of nitrogens with zero attached hydrogens (tertiary/aromatic N) is 2. The Hall–Kier alpha value is -0.870. The molecule has 2 aromatic heterocycles. The van der Waals surface area contributed by atoms with Crippen LogP contribution in [0, 0.1) is 6.92 Å². The van der Waals surface area contributed by atoms with Crippen LogP contribution in [-0.2, 0) is 0 Å². The molecule has 0 bridgehead atoms. The molecule has 0 fully saturated rings. The third-order valence-electron chi connectivity index (χ3n) is 2.23. The molecule has 0 aliphatic carbocycles. The largest absolute Gasteiger partial charge is 0.322 e. The van der Waals surface area contributed by atoms with Gasteiger partial charge in [-0.05, 0) is 41.9 Å². The fourth-order valence-corrected chi connectivity index (χ4v) is 2.11. The standard InChI is InChI=1S/C10H12BrN3/c1-6(12)10-13-7(2)8-4-3-5-9(11)14(8)10/h3-6H,12H2,1-2H3. The first-order chi connectivity index (χ1) is 6.61. The van der Waals surface area contributed by atoms with Crippen LogP contribution in [0.2, 0.25) is 0 Å². The summed E-state index contributed by atoms with van der Waals surface area (Å²) in [4.78, 5) is 4.46. The average molecular weight is 254 g/mol. The van der Waals surface area contributed by atoms with E-state index in [0.717, 1.165) is 21.6 Å². The molecule has 0 amide bonds. The van der Waals surface area contributed by atoms with Crippen LogP contribution in [0.3, 0.4) is 0 Å². The molecule has 1 atom stereocenters. The number of aryl methyl sites for hydroxylation is 1. The molecule has 2 N–H and O–H groups in total. The molecule has 2 rings (SSSR count). The van der Waals surface area contributed by atoms with E-state index in [1.54, 1.807) is 0 Å². The van der Waals surface area contributed by atoms with Crippen LogP contribution in [0.25, 0.3) is 5.52 Å². The van der Waals surface area contributed by atoms with Crippen molar-refractivity contribution in [3.8, 4) is 0 Å². The molecule has 0 spiro atoms. The number of hydrogen-bond acceptors (Lipinski definition) is 2. The Morgan fingerprint density at radius 3 is 2.86 bits per heavy atom. The first kappa shape index (κ1) is 9.68. The second-order valence-corrected chi connectivity index (χ2v) is 4.23. The molecule has 14 heavy (non-hydrogen) atoms. The van der Waals surface area contributed by atoms with Gasteiger partial charge in [0.2, 0.25) is 0 Å². The summed E-state index contributed by atoms with van der Waals surface area (Å²) in [6.45, 7) is 3.93. The van der Waals surface area contributed by atoms with Gasteiger partial charge in [-0.3, -0.25) is 4.40 Å². The zero-order chi connectivity index (χ0) is 10.3. The SMILES string of the molecule is Cc1nc(C(C)N)n2c(Br)cccc12. The van der Waals surface area contributed by atoms with Gasteiger partial charge in [-0.25, -0.2) is 4.98 Å². The highest BCUT2D eigenvalue weighted by atomic mass is 79.9. The molecule has 3 nitrogen and oxygen atoms in total. The molecule has 4 heteroatoms. The van der Waals surface area contributed by atoms with Crippen LogP contribution in [0.4, 0.5) is 0 Å². The van der Waals surface area contributed by atoms with Gasteiger partial charge in [0.15, 0.2) is 0 Å². The molecule has 74 valence electrons. The van der Waals surface area contributed by atoms with E-state index in [1.165, 1.54) is 0 Å². The lowest BCUT2D eigenvalue weighted by Crippen LogP contribution is -2.10. The van der Waals surface area contributed by atoms with Crippen molar-refractivity contribution >= 4 is 21.4 Å². The summed E-state index contributed by atoms with van der Waals surface area (Å²) < 4.78 is 3.03. The van der Waals surface area contributed by atoms with Crippen molar-refractivity contribution < 1.29 is 0 Å². The molecule has 0 aliphatic heterocycles. The van der Waals surface area contributed by atoms with Gasteiger partial charge >= 0.3 is 0 Å². The van der Waals surface area contributed by atoms with Crippen LogP contribution in [-0.4, -0.2) is 9.38 Å². The average Bonchev–Trinajstić information content (AvgIpc) is 2.46. The van der Waals surface area contributed by atoms with Gasteiger partial charge in [0.05, 0.1) is 21.9 Å². The minimum absolute atomic E-state index is 0.0603. The maximum Gasteiger partial charge on any atom is 0.131 e. The highest BCUT2D eigenvalue weighted by Gasteiger charge is 2.12. The summed E-state index contributed by atoms with van der Waals surface area (Å²) >= 11 is 3.50. The molecule has 0 aromatic carbocycles. The number of aromatic nitrogens is 2. The van der Waals surface area contributed by atoms with Gasteiger partial charge in [-0.1, -0.05) is 6.07 Å². The fraction of sp³-hybridized carbons (Fsp3) is 0.300. The van der Waals surface area contributed by atoms with E-state index in [1.807, 2.05) is 36.4 Å². The van der Waals surface area contributed by atoms with E-state index in [0.29, 0.717) is 0 Å². The summed E-state index contributed by atoms with van der Waals surface area (Å²) in [6, 6.07) is 5.97. The number of rotatable bonds is 1. The molecule has 2 heterocycles. The summed E-state index contributed by atoms with van der Waals surface area (Å²) in [5.41, 5.74) is 7.97. The zero-order valence-electron chi connectivity index (χ0n) is 8.16. The predicted molar refractivity (Wildman–Crippen MR) is 60.2 cm³/mol. The van der Waals surface area contributed by atoms with Crippen LogP contribution >= 0.6 is 15.9 Å². The Labute approximate surface area is 91.1 Å². The van der Waals surface area contributed by atoms with E-state index >= 15 is 0 Å². The maximum absolute atomic E-state index is 5.86. The lowest BCUT2D eigenvalue weighted by atomic mass is 10.3. The minimum Gasteiger partial charge on any atom is -0.322 e. The highest BCUT2D eigenvalue weighted by molar-refractivity contribution is 9.10. The van der Waals surface area contributed by atoms with Gasteiger partial charge in [0, 0.05) is 0 Å². The summed E-state index contributed by atoms with van der Waals surface area (Å²) in [7, 11) is 0. The van der Waals surface area contributed by atoms with Crippen LogP contribution in [0.1, 0.15) is 24.5 Å². The lowest BCUT2D eigenvalue weighted by Gasteiger charge is -2.05. The Balaban J connectivity index is 2.86. The summed E-state index contributed by atoms with van der Waals surface area (Å²) in [6.07, 6.45) is 0. The van der Waals surface area contributed by atoms with E-state index in [2.05, 4.69) is 20.9 Å². The predicted octanol–water partition coefficient (Wildman–Crippen LogP) is 2.42. The monoisotopic (exact) mass is 253 g/mol. The van der Waals surface area contributed by atoms with Crippen molar-refractivity contribution in [1.29, 1.82) is 0 Å². The van der Waals surface area contributed by atoms with Crippen molar-refractivity contribution in [2.45, 2.75) is 19.9 Å². The number of hydrogen-bond donors (Lipinski definition) is 1. The number of imidazole rings is 1. The second kappa shape index (κ2) is 3.37. The van der Waals surface area contributed by atoms with E-state index in [4.69, 9.17) is 5.73 Å². The normalized spacial score (nSPS) is 13.4. The van der Waals surface area contributed by atoms with Crippen LogP contribution in [0.5, 0.6) is 0 Å². The summed E-state index contributed by atoms with van der Waals surface area (Å²) in [5.74, 6) is 0.893. The smallest absolute Gasteiger partial charge is 0.131 e. The van der Waals surface area contributed by atoms with Crippen molar-refractivity contribution in [1.82, 2.24) is 9.38 Å². The van der Waals surface area contributed by atoms with Crippen molar-refractivity contribution in [2.75, 3.05) is 0 Å². The molecule has 0 radical (unpaired) electrons. The third kappa shape index (κ3) is 1.35. The van der Waals surface area contributed by atoms with Crippen molar-refractivity contribution in [2.24, 2.45) is 5.73 Å². The van der Waals surface area contributed by atoms with Gasteiger partial charge in [0.1, 0.15) is 5.82 Å². The number of pyridine rings is 1. The molecular weight excluding hydrogens is 242 g/mol. The minimum atomic E-state index is -0.0603. The Morgan fingerprint density at radius 1 is 1.50 bits per heavy atom. The van der Waals surface area contributed by atoms with E-state index in [-0.39, 0.29) is 6.04 Å². The van der Waals surface area contributed by atoms with Crippen molar-refractivity contribution in [3.05, 3.63) is 34.3 Å². The zero-order valence-corrected chi connectivity index (χ0v) is 9.75. The van der Waals surface area contributed by atoms with Gasteiger partial charge < -0.3 is 5.73 Å². The van der Waals surface area contributed by atoms with Crippen LogP contribution < -0.4 is 5.73 Å². The van der Waals surface area contributed by atoms with Crippen LogP contribution in [0.15, 0.2) is 22.8 Å². The summed E-state index contributed by atoms with van der Waals surface area (Å²) in [5, 5.41) is 0. The Bertz CT molecular complexity index is 473. The van der Waals surface area contributed by atoms with Gasteiger partial charge in [-0.2, -0.15) is 0 Å². The number of nitrogens with two attached hydrogens (primary N) is 1. The van der Waals surface area contributed by atoms with Crippen molar-refractivity contribution in [3.63, 3.8) is 0 Å². The molecular formula is C10H12BrN3. The Kier molecular flexibility index (Phi) is 2.33. The second-order valence-electron chi connectivity index (χ2n) is 3.41. The molecule has 0 aliphatic rings. The number of fused-ring (bicyclic) bond motifs is 1. The Morgan fingerprint density at radius 2 is 2.21 bits per heavy atom. The molecule has 2 aromatic rings. The first-order valence-electron chi connectivity index (χ1n) is 4.50. The quantitative estimate of drug-likeness (QED) is 0.794. The topological polar surface area (TPSA) is 43.3 Å². The number of halogens is 1. The molecule has 1 unspecified atom stereocenters. The molecule has 0 saturated heterocycles. The highest BCUT2D eigenvalue weighted by Crippen LogP contribution is 2.21.